The first-order chi connectivity index (χ1) is 7.07. The van der Waals surface area contributed by atoms with E-state index in [1.807, 2.05) is 0 Å². The third-order valence-electron chi connectivity index (χ3n) is 2.02. The van der Waals surface area contributed by atoms with Gasteiger partial charge in [-0.3, -0.25) is 9.59 Å². The maximum absolute atomic E-state index is 11.5. The van der Waals surface area contributed by atoms with Crippen LogP contribution in [0.25, 0.3) is 0 Å². The summed E-state index contributed by atoms with van der Waals surface area (Å²) in [6.45, 7) is 5.19. The molecule has 0 bridgehead atoms. The minimum atomic E-state index is -1.08. The summed E-state index contributed by atoms with van der Waals surface area (Å²) in [5, 5.41) is 0. The summed E-state index contributed by atoms with van der Waals surface area (Å²) in [6, 6.07) is 0. The van der Waals surface area contributed by atoms with E-state index >= 15 is 0 Å². The Morgan fingerprint density at radius 1 is 1.60 bits per heavy atom. The molecule has 0 aromatic carbocycles. The molecule has 5 nitrogen and oxygen atoms in total. The third kappa shape index (κ3) is 2.50. The Labute approximate surface area is 87.0 Å². The highest BCUT2D eigenvalue weighted by molar-refractivity contribution is 6.39. The summed E-state index contributed by atoms with van der Waals surface area (Å²) in [5.41, 5.74) is 0.212. The quantitative estimate of drug-likeness (QED) is 0.282. The van der Waals surface area contributed by atoms with Crippen LogP contribution >= 0.6 is 0 Å². The fourth-order valence-electron chi connectivity index (χ4n) is 1.23. The maximum Gasteiger partial charge on any atom is 0.375 e. The molecule has 0 N–H and O–H groups in total. The van der Waals surface area contributed by atoms with Crippen molar-refractivity contribution in [1.29, 1.82) is 0 Å². The lowest BCUT2D eigenvalue weighted by molar-refractivity contribution is -0.158. The van der Waals surface area contributed by atoms with Crippen molar-refractivity contribution in [2.45, 2.75) is 6.92 Å². The maximum atomic E-state index is 11.5. The Bertz CT molecular complexity index is 318. The van der Waals surface area contributed by atoms with E-state index in [2.05, 4.69) is 11.3 Å². The second-order valence-corrected chi connectivity index (χ2v) is 3.12. The zero-order chi connectivity index (χ0) is 11.4. The Balaban J connectivity index is 2.70. The fraction of sp³-hybridized carbons (Fsp3) is 0.500. The lowest BCUT2D eigenvalue weighted by atomic mass is 9.93. The molecule has 1 aliphatic heterocycles. The van der Waals surface area contributed by atoms with E-state index in [1.165, 1.54) is 0 Å². The van der Waals surface area contributed by atoms with Crippen molar-refractivity contribution < 1.29 is 23.9 Å². The number of hydrogen-bond acceptors (Lipinski definition) is 5. The van der Waals surface area contributed by atoms with Gasteiger partial charge in [-0.25, -0.2) is 4.79 Å². The van der Waals surface area contributed by atoms with E-state index in [-0.39, 0.29) is 25.4 Å². The second kappa shape index (κ2) is 4.84. The predicted octanol–water partition coefficient (Wildman–Crippen LogP) is -0.110. The number of carbonyl (C=O) groups excluding carboxylic acids is 3. The molecule has 1 atom stereocenters. The molecule has 1 aliphatic rings. The molecular weight excluding hydrogens is 200 g/mol. The van der Waals surface area contributed by atoms with Crippen molar-refractivity contribution in [3.05, 3.63) is 12.2 Å². The average Bonchev–Trinajstić information content (AvgIpc) is 2.21. The summed E-state index contributed by atoms with van der Waals surface area (Å²) >= 11 is 0. The minimum Gasteiger partial charge on any atom is -0.460 e. The van der Waals surface area contributed by atoms with Crippen LogP contribution in [0.2, 0.25) is 0 Å². The number of Topliss-reactive ketones (excluding diaryl/α,β-unsaturated/α-hetero) is 2. The smallest absolute Gasteiger partial charge is 0.375 e. The van der Waals surface area contributed by atoms with Gasteiger partial charge in [0.25, 0.3) is 5.78 Å². The van der Waals surface area contributed by atoms with Crippen molar-refractivity contribution in [3.8, 4) is 0 Å². The molecule has 0 aromatic rings. The molecular formula is C10H12O5. The van der Waals surface area contributed by atoms with Crippen molar-refractivity contribution in [1.82, 2.24) is 0 Å². The van der Waals surface area contributed by atoms with E-state index in [1.54, 1.807) is 6.92 Å². The van der Waals surface area contributed by atoms with Gasteiger partial charge in [-0.2, -0.15) is 0 Å². The Morgan fingerprint density at radius 3 is 2.87 bits per heavy atom. The molecule has 1 fully saturated rings. The molecule has 0 radical (unpaired) electrons. The molecule has 0 saturated carbocycles. The van der Waals surface area contributed by atoms with Crippen LogP contribution in [0, 0.1) is 5.92 Å². The molecule has 15 heavy (non-hydrogen) atoms. The number of rotatable bonds is 3. The van der Waals surface area contributed by atoms with Crippen LogP contribution in [0.3, 0.4) is 0 Å². The van der Waals surface area contributed by atoms with Crippen LogP contribution in [0.1, 0.15) is 6.92 Å². The summed E-state index contributed by atoms with van der Waals surface area (Å²) in [4.78, 5) is 34.0. The molecule has 1 rings (SSSR count). The van der Waals surface area contributed by atoms with Crippen molar-refractivity contribution in [2.24, 2.45) is 5.92 Å². The molecule has 5 heteroatoms. The molecule has 82 valence electrons. The number of hydrogen-bond donors (Lipinski definition) is 0. The predicted molar refractivity (Wildman–Crippen MR) is 50.1 cm³/mol. The Morgan fingerprint density at radius 2 is 2.27 bits per heavy atom. The number of ketones is 2. The molecule has 0 aromatic heterocycles. The van der Waals surface area contributed by atoms with E-state index < -0.39 is 23.5 Å². The first-order valence-corrected chi connectivity index (χ1v) is 4.58. The SMILES string of the molecule is C=C1COCC(C(=O)C(=O)OCC)C1=O. The van der Waals surface area contributed by atoms with Crippen molar-refractivity contribution >= 4 is 17.5 Å². The normalized spacial score (nSPS) is 21.3. The van der Waals surface area contributed by atoms with Gasteiger partial charge in [0.1, 0.15) is 5.92 Å². The van der Waals surface area contributed by atoms with E-state index in [9.17, 15) is 14.4 Å². The largest absolute Gasteiger partial charge is 0.460 e. The highest BCUT2D eigenvalue weighted by atomic mass is 16.5. The summed E-state index contributed by atoms with van der Waals surface area (Å²) < 4.78 is 9.48. The lowest BCUT2D eigenvalue weighted by Crippen LogP contribution is -2.39. The second-order valence-electron chi connectivity index (χ2n) is 3.12. The molecule has 1 heterocycles. The fourth-order valence-corrected chi connectivity index (χ4v) is 1.23. The number of ether oxygens (including phenoxy) is 2. The van der Waals surface area contributed by atoms with Crippen molar-refractivity contribution in [2.75, 3.05) is 19.8 Å². The van der Waals surface area contributed by atoms with Crippen LogP contribution in [-0.4, -0.2) is 37.4 Å². The molecule has 1 saturated heterocycles. The van der Waals surface area contributed by atoms with E-state index in [4.69, 9.17) is 4.74 Å². The van der Waals surface area contributed by atoms with Gasteiger partial charge in [0.05, 0.1) is 19.8 Å². The summed E-state index contributed by atoms with van der Waals surface area (Å²) in [7, 11) is 0. The van der Waals surface area contributed by atoms with Gasteiger partial charge in [-0.05, 0) is 6.92 Å². The first-order valence-electron chi connectivity index (χ1n) is 4.58. The zero-order valence-corrected chi connectivity index (χ0v) is 8.45. The van der Waals surface area contributed by atoms with Gasteiger partial charge in [0.2, 0.25) is 0 Å². The van der Waals surface area contributed by atoms with Gasteiger partial charge in [0, 0.05) is 5.57 Å². The molecule has 0 amide bonds. The summed E-state index contributed by atoms with van der Waals surface area (Å²) in [6.07, 6.45) is 0. The Kier molecular flexibility index (Phi) is 3.74. The summed E-state index contributed by atoms with van der Waals surface area (Å²) in [5.74, 6) is -3.36. The lowest BCUT2D eigenvalue weighted by Gasteiger charge is -2.20. The highest BCUT2D eigenvalue weighted by Gasteiger charge is 2.36. The molecule has 0 aliphatic carbocycles. The highest BCUT2D eigenvalue weighted by Crippen LogP contribution is 2.15. The van der Waals surface area contributed by atoms with Crippen LogP contribution in [0.5, 0.6) is 0 Å². The molecule has 0 spiro atoms. The van der Waals surface area contributed by atoms with Crippen LogP contribution in [-0.2, 0) is 23.9 Å². The zero-order valence-electron chi connectivity index (χ0n) is 8.45. The van der Waals surface area contributed by atoms with E-state index in [0.29, 0.717) is 0 Å². The van der Waals surface area contributed by atoms with Gasteiger partial charge in [-0.1, -0.05) is 6.58 Å². The van der Waals surface area contributed by atoms with Gasteiger partial charge in [0.15, 0.2) is 5.78 Å². The number of esters is 1. The van der Waals surface area contributed by atoms with Gasteiger partial charge >= 0.3 is 5.97 Å². The van der Waals surface area contributed by atoms with Crippen molar-refractivity contribution in [3.63, 3.8) is 0 Å². The topological polar surface area (TPSA) is 69.7 Å². The van der Waals surface area contributed by atoms with Crippen LogP contribution in [0.15, 0.2) is 12.2 Å². The third-order valence-corrected chi connectivity index (χ3v) is 2.02. The monoisotopic (exact) mass is 212 g/mol. The van der Waals surface area contributed by atoms with Crippen LogP contribution < -0.4 is 0 Å². The average molecular weight is 212 g/mol. The minimum absolute atomic E-state index is 0.0739. The first kappa shape index (κ1) is 11.6. The van der Waals surface area contributed by atoms with Gasteiger partial charge < -0.3 is 9.47 Å². The van der Waals surface area contributed by atoms with Crippen LogP contribution in [0.4, 0.5) is 0 Å². The molecule has 1 unspecified atom stereocenters. The van der Waals surface area contributed by atoms with Gasteiger partial charge in [-0.15, -0.1) is 0 Å². The standard InChI is InChI=1S/C10H12O5/c1-3-15-10(13)9(12)7-5-14-4-6(2)8(7)11/h7H,2-5H2,1H3. The van der Waals surface area contributed by atoms with E-state index in [0.717, 1.165) is 0 Å². The Hall–Kier alpha value is -1.49. The number of carbonyl (C=O) groups is 3.